The fraction of sp³-hybridized carbons (Fsp3) is 0.333. The van der Waals surface area contributed by atoms with Crippen LogP contribution in [0, 0.1) is 0 Å². The van der Waals surface area contributed by atoms with Crippen LogP contribution in [-0.4, -0.2) is 38.6 Å². The standard InChI is InChI=1S/C18H21ClN6/c19-14-1-3-16(4-2-14)23-18-17-13(5-10-25(17)22-12-21-18)11-24-8-6-15(20)7-9-24/h1-5,10,12,15H,6-9,11,20H2,(H,21,22,23). The molecule has 4 rings (SSSR count). The van der Waals surface area contributed by atoms with Gasteiger partial charge in [-0.15, -0.1) is 0 Å². The highest BCUT2D eigenvalue weighted by Gasteiger charge is 2.18. The molecule has 0 amide bonds. The molecular formula is C18H21ClN6. The molecular weight excluding hydrogens is 336 g/mol. The van der Waals surface area contributed by atoms with Crippen LogP contribution in [0.15, 0.2) is 42.9 Å². The summed E-state index contributed by atoms with van der Waals surface area (Å²) in [5, 5.41) is 8.42. The first-order chi connectivity index (χ1) is 12.2. The number of nitrogens with one attached hydrogen (secondary N) is 1. The number of aromatic nitrogens is 3. The van der Waals surface area contributed by atoms with E-state index >= 15 is 0 Å². The third-order valence-electron chi connectivity index (χ3n) is 4.67. The van der Waals surface area contributed by atoms with Crippen molar-refractivity contribution < 1.29 is 0 Å². The van der Waals surface area contributed by atoms with Gasteiger partial charge in [-0.3, -0.25) is 4.90 Å². The van der Waals surface area contributed by atoms with Crippen molar-refractivity contribution in [3.8, 4) is 0 Å². The van der Waals surface area contributed by atoms with Crippen molar-refractivity contribution in [3.05, 3.63) is 53.4 Å². The predicted octanol–water partition coefficient (Wildman–Crippen LogP) is 3.05. The zero-order chi connectivity index (χ0) is 17.2. The Kier molecular flexibility index (Phi) is 4.57. The maximum Gasteiger partial charge on any atom is 0.158 e. The van der Waals surface area contributed by atoms with E-state index in [9.17, 15) is 0 Å². The number of likely N-dealkylation sites (tertiary alicyclic amines) is 1. The molecule has 0 aliphatic carbocycles. The topological polar surface area (TPSA) is 71.5 Å². The molecule has 0 bridgehead atoms. The Morgan fingerprint density at radius 1 is 1.16 bits per heavy atom. The molecule has 3 heterocycles. The lowest BCUT2D eigenvalue weighted by atomic mass is 10.1. The van der Waals surface area contributed by atoms with Crippen LogP contribution in [0.4, 0.5) is 11.5 Å². The lowest BCUT2D eigenvalue weighted by Gasteiger charge is -2.29. The van der Waals surface area contributed by atoms with E-state index in [0.717, 1.165) is 49.5 Å². The van der Waals surface area contributed by atoms with Gasteiger partial charge in [0.1, 0.15) is 11.8 Å². The number of anilines is 2. The largest absolute Gasteiger partial charge is 0.338 e. The van der Waals surface area contributed by atoms with E-state index in [2.05, 4.69) is 26.4 Å². The van der Waals surface area contributed by atoms with Gasteiger partial charge in [0.2, 0.25) is 0 Å². The van der Waals surface area contributed by atoms with E-state index in [1.165, 1.54) is 5.56 Å². The maximum absolute atomic E-state index is 6.01. The van der Waals surface area contributed by atoms with Crippen molar-refractivity contribution in [1.29, 1.82) is 0 Å². The van der Waals surface area contributed by atoms with Crippen LogP contribution in [-0.2, 0) is 6.54 Å². The Hall–Kier alpha value is -2.15. The molecule has 0 spiro atoms. The highest BCUT2D eigenvalue weighted by Crippen LogP contribution is 2.25. The summed E-state index contributed by atoms with van der Waals surface area (Å²) in [7, 11) is 0. The van der Waals surface area contributed by atoms with Gasteiger partial charge < -0.3 is 11.1 Å². The van der Waals surface area contributed by atoms with E-state index in [4.69, 9.17) is 17.3 Å². The maximum atomic E-state index is 6.01. The van der Waals surface area contributed by atoms with Crippen molar-refractivity contribution >= 4 is 28.6 Å². The smallest absolute Gasteiger partial charge is 0.158 e. The Labute approximate surface area is 151 Å². The summed E-state index contributed by atoms with van der Waals surface area (Å²) in [5.74, 6) is 0.797. The summed E-state index contributed by atoms with van der Waals surface area (Å²) in [6.45, 7) is 2.95. The highest BCUT2D eigenvalue weighted by molar-refractivity contribution is 6.30. The normalized spacial score (nSPS) is 16.4. The molecule has 1 aliphatic rings. The first-order valence-corrected chi connectivity index (χ1v) is 8.88. The van der Waals surface area contributed by atoms with Crippen molar-refractivity contribution in [3.63, 3.8) is 0 Å². The molecule has 130 valence electrons. The number of nitrogens with two attached hydrogens (primary N) is 1. The minimum absolute atomic E-state index is 0.340. The third kappa shape index (κ3) is 3.61. The van der Waals surface area contributed by atoms with Gasteiger partial charge in [-0.05, 0) is 61.8 Å². The van der Waals surface area contributed by atoms with Gasteiger partial charge in [0.05, 0.1) is 0 Å². The molecule has 0 radical (unpaired) electrons. The van der Waals surface area contributed by atoms with Crippen molar-refractivity contribution in [2.75, 3.05) is 18.4 Å². The Bertz CT molecular complexity index is 852. The van der Waals surface area contributed by atoms with Crippen LogP contribution in [0.25, 0.3) is 5.52 Å². The molecule has 1 aliphatic heterocycles. The van der Waals surface area contributed by atoms with E-state index in [-0.39, 0.29) is 0 Å². The number of rotatable bonds is 4. The first-order valence-electron chi connectivity index (χ1n) is 8.51. The number of fused-ring (bicyclic) bond motifs is 1. The molecule has 1 fully saturated rings. The van der Waals surface area contributed by atoms with Gasteiger partial charge in [0.15, 0.2) is 5.82 Å². The fourth-order valence-electron chi connectivity index (χ4n) is 3.26. The Balaban J connectivity index is 1.61. The second-order valence-electron chi connectivity index (χ2n) is 6.49. The van der Waals surface area contributed by atoms with Gasteiger partial charge in [-0.25, -0.2) is 9.50 Å². The number of halogens is 1. The fourth-order valence-corrected chi connectivity index (χ4v) is 3.39. The quantitative estimate of drug-likeness (QED) is 0.751. The van der Waals surface area contributed by atoms with E-state index in [1.807, 2.05) is 35.0 Å². The van der Waals surface area contributed by atoms with Gasteiger partial charge >= 0.3 is 0 Å². The highest BCUT2D eigenvalue weighted by atomic mass is 35.5. The predicted molar refractivity (Wildman–Crippen MR) is 100 cm³/mol. The van der Waals surface area contributed by atoms with Gasteiger partial charge in [0, 0.05) is 29.5 Å². The van der Waals surface area contributed by atoms with Crippen LogP contribution < -0.4 is 11.1 Å². The zero-order valence-electron chi connectivity index (χ0n) is 13.9. The van der Waals surface area contributed by atoms with E-state index < -0.39 is 0 Å². The summed E-state index contributed by atoms with van der Waals surface area (Å²) in [4.78, 5) is 6.89. The van der Waals surface area contributed by atoms with Crippen LogP contribution in [0.1, 0.15) is 18.4 Å². The Morgan fingerprint density at radius 2 is 1.92 bits per heavy atom. The molecule has 0 atom stereocenters. The molecule has 6 nitrogen and oxygen atoms in total. The first kappa shape index (κ1) is 16.3. The van der Waals surface area contributed by atoms with E-state index in [0.29, 0.717) is 11.1 Å². The molecule has 3 aromatic rings. The molecule has 25 heavy (non-hydrogen) atoms. The molecule has 1 aromatic carbocycles. The average Bonchev–Trinajstić information content (AvgIpc) is 3.03. The molecule has 1 saturated heterocycles. The minimum atomic E-state index is 0.340. The second-order valence-corrected chi connectivity index (χ2v) is 6.92. The van der Waals surface area contributed by atoms with Gasteiger partial charge in [-0.2, -0.15) is 5.10 Å². The van der Waals surface area contributed by atoms with Crippen LogP contribution in [0.5, 0.6) is 0 Å². The SMILES string of the molecule is NC1CCN(Cc2ccn3ncnc(Nc4ccc(Cl)cc4)c23)CC1. The molecule has 7 heteroatoms. The lowest BCUT2D eigenvalue weighted by molar-refractivity contribution is 0.206. The number of piperidine rings is 1. The number of benzene rings is 1. The molecule has 2 aromatic heterocycles. The third-order valence-corrected chi connectivity index (χ3v) is 4.92. The second kappa shape index (κ2) is 7.00. The van der Waals surface area contributed by atoms with Crippen molar-refractivity contribution in [2.45, 2.75) is 25.4 Å². The van der Waals surface area contributed by atoms with Crippen LogP contribution in [0.2, 0.25) is 5.02 Å². The minimum Gasteiger partial charge on any atom is -0.338 e. The Morgan fingerprint density at radius 3 is 2.68 bits per heavy atom. The zero-order valence-corrected chi connectivity index (χ0v) is 14.7. The summed E-state index contributed by atoms with van der Waals surface area (Å²) in [6.07, 6.45) is 5.65. The number of hydrogen-bond donors (Lipinski definition) is 2. The summed E-state index contributed by atoms with van der Waals surface area (Å²) < 4.78 is 1.87. The number of nitrogens with zero attached hydrogens (tertiary/aromatic N) is 4. The monoisotopic (exact) mass is 356 g/mol. The van der Waals surface area contributed by atoms with Crippen molar-refractivity contribution in [2.24, 2.45) is 5.73 Å². The van der Waals surface area contributed by atoms with Gasteiger partial charge in [-0.1, -0.05) is 11.6 Å². The van der Waals surface area contributed by atoms with Crippen LogP contribution >= 0.6 is 11.6 Å². The summed E-state index contributed by atoms with van der Waals surface area (Å²) in [5.41, 5.74) is 9.18. The average molecular weight is 357 g/mol. The lowest BCUT2D eigenvalue weighted by Crippen LogP contribution is -2.39. The number of hydrogen-bond acceptors (Lipinski definition) is 5. The van der Waals surface area contributed by atoms with E-state index in [1.54, 1.807) is 6.33 Å². The summed E-state index contributed by atoms with van der Waals surface area (Å²) >= 11 is 5.96. The van der Waals surface area contributed by atoms with Gasteiger partial charge in [0.25, 0.3) is 0 Å². The van der Waals surface area contributed by atoms with Crippen molar-refractivity contribution in [1.82, 2.24) is 19.5 Å². The molecule has 0 unspecified atom stereocenters. The summed E-state index contributed by atoms with van der Waals surface area (Å²) in [6, 6.07) is 10.1. The molecule has 0 saturated carbocycles. The molecule has 3 N–H and O–H groups in total. The van der Waals surface area contributed by atoms with Crippen LogP contribution in [0.3, 0.4) is 0 Å².